The molecule has 0 heterocycles. The van der Waals surface area contributed by atoms with Crippen molar-refractivity contribution in [3.05, 3.63) is 28.5 Å². The summed E-state index contributed by atoms with van der Waals surface area (Å²) < 4.78 is 18.8. The molecule has 64 valence electrons. The van der Waals surface area contributed by atoms with Gasteiger partial charge in [0.1, 0.15) is 11.6 Å². The van der Waals surface area contributed by atoms with E-state index in [4.69, 9.17) is 4.74 Å². The van der Waals surface area contributed by atoms with Crippen LogP contribution in [0.2, 0.25) is 0 Å². The average Bonchev–Trinajstić information content (AvgIpc) is 2.79. The van der Waals surface area contributed by atoms with Crippen molar-refractivity contribution in [2.24, 2.45) is 0 Å². The molecule has 0 unspecified atom stereocenters. The molecule has 12 heavy (non-hydrogen) atoms. The third-order valence-corrected chi connectivity index (χ3v) is 2.33. The highest BCUT2D eigenvalue weighted by Gasteiger charge is 2.24. The first-order valence-electron chi connectivity index (χ1n) is 3.87. The van der Waals surface area contributed by atoms with E-state index in [1.165, 1.54) is 12.1 Å². The van der Waals surface area contributed by atoms with E-state index in [1.54, 1.807) is 6.07 Å². The predicted molar refractivity (Wildman–Crippen MR) is 47.8 cm³/mol. The predicted octanol–water partition coefficient (Wildman–Crippen LogP) is 3.13. The lowest BCUT2D eigenvalue weighted by Crippen LogP contribution is -1.96. The molecule has 0 bridgehead atoms. The molecule has 1 nitrogen and oxygen atoms in total. The van der Waals surface area contributed by atoms with Gasteiger partial charge in [-0.1, -0.05) is 0 Å². The minimum absolute atomic E-state index is 0.245. The number of rotatable bonds is 2. The number of halogens is 2. The first kappa shape index (κ1) is 8.05. The van der Waals surface area contributed by atoms with Gasteiger partial charge < -0.3 is 4.74 Å². The molecule has 0 atom stereocenters. The lowest BCUT2D eigenvalue weighted by atomic mass is 10.3. The molecule has 0 spiro atoms. The Morgan fingerprint density at radius 2 is 2.17 bits per heavy atom. The fraction of sp³-hybridized carbons (Fsp3) is 0.333. The monoisotopic (exact) mass is 230 g/mol. The van der Waals surface area contributed by atoms with Crippen molar-refractivity contribution in [1.29, 1.82) is 0 Å². The summed E-state index contributed by atoms with van der Waals surface area (Å²) in [4.78, 5) is 0. The van der Waals surface area contributed by atoms with Crippen molar-refractivity contribution in [1.82, 2.24) is 0 Å². The van der Waals surface area contributed by atoms with Crippen molar-refractivity contribution in [3.8, 4) is 5.75 Å². The standard InChI is InChI=1S/C9H8BrFO/c10-8-5-6(11)1-4-9(8)12-7-2-3-7/h1,4-5,7H,2-3H2. The van der Waals surface area contributed by atoms with Crippen LogP contribution in [0.1, 0.15) is 12.8 Å². The van der Waals surface area contributed by atoms with Gasteiger partial charge in [-0.25, -0.2) is 4.39 Å². The smallest absolute Gasteiger partial charge is 0.134 e. The Labute approximate surface area is 78.7 Å². The zero-order chi connectivity index (χ0) is 8.55. The van der Waals surface area contributed by atoms with Gasteiger partial charge in [0, 0.05) is 0 Å². The highest BCUT2D eigenvalue weighted by atomic mass is 79.9. The van der Waals surface area contributed by atoms with Crippen LogP contribution in [0.5, 0.6) is 5.75 Å². The molecule has 0 saturated heterocycles. The van der Waals surface area contributed by atoms with E-state index in [2.05, 4.69) is 15.9 Å². The van der Waals surface area contributed by atoms with E-state index in [-0.39, 0.29) is 5.82 Å². The second-order valence-corrected chi connectivity index (χ2v) is 3.75. The first-order chi connectivity index (χ1) is 5.75. The van der Waals surface area contributed by atoms with Crippen molar-refractivity contribution in [3.63, 3.8) is 0 Å². The minimum atomic E-state index is -0.245. The average molecular weight is 231 g/mol. The van der Waals surface area contributed by atoms with Crippen molar-refractivity contribution >= 4 is 15.9 Å². The van der Waals surface area contributed by atoms with Gasteiger partial charge in [-0.15, -0.1) is 0 Å². The molecule has 2 rings (SSSR count). The second kappa shape index (κ2) is 3.05. The van der Waals surface area contributed by atoms with Crippen LogP contribution < -0.4 is 4.74 Å². The lowest BCUT2D eigenvalue weighted by Gasteiger charge is -2.05. The third-order valence-electron chi connectivity index (χ3n) is 1.71. The topological polar surface area (TPSA) is 9.23 Å². The largest absolute Gasteiger partial charge is 0.489 e. The van der Waals surface area contributed by atoms with Gasteiger partial charge in [0.15, 0.2) is 0 Å². The Bertz CT molecular complexity index is 297. The molecule has 1 aromatic carbocycles. The van der Waals surface area contributed by atoms with E-state index < -0.39 is 0 Å². The fourth-order valence-electron chi connectivity index (χ4n) is 0.936. The molecule has 0 N–H and O–H groups in total. The van der Waals surface area contributed by atoms with Crippen molar-refractivity contribution in [2.75, 3.05) is 0 Å². The molecule has 1 saturated carbocycles. The maximum atomic E-state index is 12.6. The minimum Gasteiger partial charge on any atom is -0.489 e. The highest BCUT2D eigenvalue weighted by molar-refractivity contribution is 9.10. The maximum absolute atomic E-state index is 12.6. The van der Waals surface area contributed by atoms with Crippen LogP contribution in [0.4, 0.5) is 4.39 Å². The summed E-state index contributed by atoms with van der Waals surface area (Å²) in [7, 11) is 0. The van der Waals surface area contributed by atoms with Gasteiger partial charge in [-0.3, -0.25) is 0 Å². The fourth-order valence-corrected chi connectivity index (χ4v) is 1.38. The number of ether oxygens (including phenoxy) is 1. The van der Waals surface area contributed by atoms with Crippen LogP contribution in [0.15, 0.2) is 22.7 Å². The highest BCUT2D eigenvalue weighted by Crippen LogP contribution is 2.32. The van der Waals surface area contributed by atoms with Crippen LogP contribution >= 0.6 is 15.9 Å². The Balaban J connectivity index is 2.18. The summed E-state index contributed by atoms with van der Waals surface area (Å²) in [5.74, 6) is 0.490. The summed E-state index contributed by atoms with van der Waals surface area (Å²) in [5, 5.41) is 0. The lowest BCUT2D eigenvalue weighted by molar-refractivity contribution is 0.301. The second-order valence-electron chi connectivity index (χ2n) is 2.89. The van der Waals surface area contributed by atoms with Gasteiger partial charge in [0.25, 0.3) is 0 Å². The molecule has 0 aliphatic heterocycles. The van der Waals surface area contributed by atoms with Crippen molar-refractivity contribution in [2.45, 2.75) is 18.9 Å². The quantitative estimate of drug-likeness (QED) is 0.759. The van der Waals surface area contributed by atoms with Gasteiger partial charge in [-0.2, -0.15) is 0 Å². The SMILES string of the molecule is Fc1ccc(OC2CC2)c(Br)c1. The normalized spacial score (nSPS) is 16.2. The van der Waals surface area contributed by atoms with E-state index in [0.717, 1.165) is 18.6 Å². The molecule has 0 amide bonds. The van der Waals surface area contributed by atoms with Crippen molar-refractivity contribution < 1.29 is 9.13 Å². The van der Waals surface area contributed by atoms with Crippen LogP contribution in [0.3, 0.4) is 0 Å². The summed E-state index contributed by atoms with van der Waals surface area (Å²) in [6.45, 7) is 0. The number of hydrogen-bond acceptors (Lipinski definition) is 1. The third kappa shape index (κ3) is 1.78. The molecule has 0 aromatic heterocycles. The number of hydrogen-bond donors (Lipinski definition) is 0. The first-order valence-corrected chi connectivity index (χ1v) is 4.67. The summed E-state index contributed by atoms with van der Waals surface area (Å²) >= 11 is 3.24. The van der Waals surface area contributed by atoms with Crippen LogP contribution in [-0.4, -0.2) is 6.10 Å². The maximum Gasteiger partial charge on any atom is 0.134 e. The molecule has 3 heteroatoms. The molecular formula is C9H8BrFO. The van der Waals surface area contributed by atoms with E-state index in [0.29, 0.717) is 10.6 Å². The summed E-state index contributed by atoms with van der Waals surface area (Å²) in [6, 6.07) is 4.47. The Morgan fingerprint density at radius 1 is 1.42 bits per heavy atom. The van der Waals surface area contributed by atoms with E-state index in [9.17, 15) is 4.39 Å². The molecule has 1 aromatic rings. The zero-order valence-electron chi connectivity index (χ0n) is 6.39. The Hall–Kier alpha value is -0.570. The Kier molecular flexibility index (Phi) is 2.05. The molecular weight excluding hydrogens is 223 g/mol. The van der Waals surface area contributed by atoms with Crippen LogP contribution in [-0.2, 0) is 0 Å². The molecule has 0 radical (unpaired) electrons. The molecule has 1 fully saturated rings. The number of benzene rings is 1. The van der Waals surface area contributed by atoms with Gasteiger partial charge in [-0.05, 0) is 47.0 Å². The molecule has 1 aliphatic carbocycles. The summed E-state index contributed by atoms with van der Waals surface area (Å²) in [6.07, 6.45) is 2.58. The Morgan fingerprint density at radius 3 is 2.75 bits per heavy atom. The van der Waals surface area contributed by atoms with Crippen LogP contribution in [0.25, 0.3) is 0 Å². The van der Waals surface area contributed by atoms with E-state index >= 15 is 0 Å². The van der Waals surface area contributed by atoms with Gasteiger partial charge >= 0.3 is 0 Å². The summed E-state index contributed by atoms with van der Waals surface area (Å²) in [5.41, 5.74) is 0. The van der Waals surface area contributed by atoms with E-state index in [1.807, 2.05) is 0 Å². The van der Waals surface area contributed by atoms with Gasteiger partial charge in [0.05, 0.1) is 10.6 Å². The zero-order valence-corrected chi connectivity index (χ0v) is 7.97. The molecule has 1 aliphatic rings. The van der Waals surface area contributed by atoms with Gasteiger partial charge in [0.2, 0.25) is 0 Å². The van der Waals surface area contributed by atoms with Crippen LogP contribution in [0, 0.1) is 5.82 Å².